The van der Waals surface area contributed by atoms with Crippen LogP contribution < -0.4 is 5.32 Å². The molecule has 0 atom stereocenters. The lowest BCUT2D eigenvalue weighted by atomic mass is 10.0. The molecule has 26 heavy (non-hydrogen) atoms. The summed E-state index contributed by atoms with van der Waals surface area (Å²) in [6.07, 6.45) is 9.85. The van der Waals surface area contributed by atoms with Gasteiger partial charge in [-0.15, -0.1) is 0 Å². The highest BCUT2D eigenvalue weighted by Gasteiger charge is 2.20. The Morgan fingerprint density at radius 2 is 2.08 bits per heavy atom. The van der Waals surface area contributed by atoms with Gasteiger partial charge in [0.2, 0.25) is 0 Å². The normalized spacial score (nSPS) is 16.0. The minimum absolute atomic E-state index is 0.328. The van der Waals surface area contributed by atoms with Crippen molar-refractivity contribution in [3.05, 3.63) is 59.0 Å². The number of likely N-dealkylation sites (tertiary alicyclic amines) is 1. The molecular formula is C19H21ClN4O2. The van der Waals surface area contributed by atoms with E-state index < -0.39 is 5.97 Å². The molecule has 0 unspecified atom stereocenters. The smallest absolute Gasteiger partial charge is 0.328 e. The molecule has 1 saturated heterocycles. The molecule has 136 valence electrons. The van der Waals surface area contributed by atoms with Crippen molar-refractivity contribution in [2.45, 2.75) is 25.4 Å². The van der Waals surface area contributed by atoms with Gasteiger partial charge in [0.1, 0.15) is 5.82 Å². The third kappa shape index (κ3) is 5.28. The summed E-state index contributed by atoms with van der Waals surface area (Å²) in [5, 5.41) is 12.6. The van der Waals surface area contributed by atoms with Crippen LogP contribution in [0.3, 0.4) is 0 Å². The van der Waals surface area contributed by atoms with Gasteiger partial charge in [-0.2, -0.15) is 0 Å². The molecule has 2 N–H and O–H groups in total. The molecule has 6 nitrogen and oxygen atoms in total. The summed E-state index contributed by atoms with van der Waals surface area (Å²) in [6.45, 7) is 2.97. The van der Waals surface area contributed by atoms with Gasteiger partial charge in [0.15, 0.2) is 0 Å². The topological polar surface area (TPSA) is 78.3 Å². The monoisotopic (exact) mass is 372 g/mol. The summed E-state index contributed by atoms with van der Waals surface area (Å²) < 4.78 is 0. The third-order valence-electron chi connectivity index (χ3n) is 4.36. The Bertz CT molecular complexity index is 774. The zero-order valence-electron chi connectivity index (χ0n) is 14.3. The number of carbonyl (C=O) groups is 1. The number of anilines is 1. The molecule has 0 amide bonds. The SMILES string of the molecule is O=C(O)/C=C/c1cnc(NC2CCN(Cc3ccncc3)CC2)c(Cl)c1. The maximum Gasteiger partial charge on any atom is 0.328 e. The number of aromatic nitrogens is 2. The second-order valence-electron chi connectivity index (χ2n) is 6.32. The fourth-order valence-electron chi connectivity index (χ4n) is 2.99. The summed E-state index contributed by atoms with van der Waals surface area (Å²) in [7, 11) is 0. The van der Waals surface area contributed by atoms with E-state index >= 15 is 0 Å². The number of rotatable bonds is 6. The molecule has 0 radical (unpaired) electrons. The van der Waals surface area contributed by atoms with Crippen LogP contribution in [0.15, 0.2) is 42.9 Å². The van der Waals surface area contributed by atoms with Crippen LogP contribution in [0.5, 0.6) is 0 Å². The summed E-state index contributed by atoms with van der Waals surface area (Å²) in [6, 6.07) is 6.15. The van der Waals surface area contributed by atoms with E-state index in [2.05, 4.69) is 20.2 Å². The lowest BCUT2D eigenvalue weighted by Gasteiger charge is -2.32. The summed E-state index contributed by atoms with van der Waals surface area (Å²) >= 11 is 6.28. The molecule has 1 aliphatic heterocycles. The Labute approximate surface area is 157 Å². The van der Waals surface area contributed by atoms with Crippen LogP contribution in [0.2, 0.25) is 5.02 Å². The quantitative estimate of drug-likeness (QED) is 0.757. The third-order valence-corrected chi connectivity index (χ3v) is 4.65. The highest BCUT2D eigenvalue weighted by atomic mass is 35.5. The number of hydrogen-bond acceptors (Lipinski definition) is 5. The van der Waals surface area contributed by atoms with E-state index in [-0.39, 0.29) is 0 Å². The summed E-state index contributed by atoms with van der Waals surface area (Å²) in [5.74, 6) is -0.353. The lowest BCUT2D eigenvalue weighted by molar-refractivity contribution is -0.131. The van der Waals surface area contributed by atoms with Crippen LogP contribution in [0.4, 0.5) is 5.82 Å². The van der Waals surface area contributed by atoms with Gasteiger partial charge in [0, 0.05) is 50.3 Å². The first-order valence-electron chi connectivity index (χ1n) is 8.54. The molecule has 3 rings (SSSR count). The van der Waals surface area contributed by atoms with E-state index in [1.807, 2.05) is 24.5 Å². The first-order chi connectivity index (χ1) is 12.6. The average molecular weight is 373 g/mol. The molecule has 3 heterocycles. The Morgan fingerprint density at radius 1 is 1.35 bits per heavy atom. The van der Waals surface area contributed by atoms with Crippen molar-refractivity contribution in [2.24, 2.45) is 0 Å². The van der Waals surface area contributed by atoms with Crippen LogP contribution in [0.25, 0.3) is 6.08 Å². The zero-order valence-corrected chi connectivity index (χ0v) is 15.1. The van der Waals surface area contributed by atoms with Crippen molar-refractivity contribution in [1.82, 2.24) is 14.9 Å². The highest BCUT2D eigenvalue weighted by Crippen LogP contribution is 2.24. The van der Waals surface area contributed by atoms with Crippen molar-refractivity contribution in [3.63, 3.8) is 0 Å². The first kappa shape index (κ1) is 18.4. The number of pyridine rings is 2. The molecule has 0 aromatic carbocycles. The minimum Gasteiger partial charge on any atom is -0.478 e. The Balaban J connectivity index is 1.52. The largest absolute Gasteiger partial charge is 0.478 e. The first-order valence-corrected chi connectivity index (χ1v) is 8.92. The van der Waals surface area contributed by atoms with Crippen LogP contribution in [0.1, 0.15) is 24.0 Å². The molecule has 0 saturated carbocycles. The van der Waals surface area contributed by atoms with Crippen molar-refractivity contribution >= 4 is 29.5 Å². The van der Waals surface area contributed by atoms with Gasteiger partial charge >= 0.3 is 5.97 Å². The van der Waals surface area contributed by atoms with Gasteiger partial charge in [0.25, 0.3) is 0 Å². The fourth-order valence-corrected chi connectivity index (χ4v) is 3.22. The predicted molar refractivity (Wildman–Crippen MR) is 102 cm³/mol. The van der Waals surface area contributed by atoms with Gasteiger partial charge in [-0.05, 0) is 48.2 Å². The van der Waals surface area contributed by atoms with Gasteiger partial charge < -0.3 is 10.4 Å². The standard InChI is InChI=1S/C19H21ClN4O2/c20-17-11-15(1-2-18(25)26)12-22-19(17)23-16-5-9-24(10-6-16)13-14-3-7-21-8-4-14/h1-4,7-8,11-12,16H,5-6,9-10,13H2,(H,22,23)(H,25,26)/b2-1+. The maximum atomic E-state index is 10.6. The van der Waals surface area contributed by atoms with Crippen LogP contribution >= 0.6 is 11.6 Å². The van der Waals surface area contributed by atoms with Gasteiger partial charge in [-0.25, -0.2) is 9.78 Å². The summed E-state index contributed by atoms with van der Waals surface area (Å²) in [4.78, 5) is 21.4. The number of nitrogens with zero attached hydrogens (tertiary/aromatic N) is 3. The van der Waals surface area contributed by atoms with Crippen molar-refractivity contribution in [1.29, 1.82) is 0 Å². The van der Waals surface area contributed by atoms with E-state index in [1.54, 1.807) is 12.3 Å². The van der Waals surface area contributed by atoms with E-state index in [4.69, 9.17) is 16.7 Å². The summed E-state index contributed by atoms with van der Waals surface area (Å²) in [5.41, 5.74) is 1.94. The Hall–Kier alpha value is -2.44. The number of aliphatic carboxylic acids is 1. The number of piperidine rings is 1. The second kappa shape index (κ2) is 8.78. The van der Waals surface area contributed by atoms with Gasteiger partial charge in [-0.3, -0.25) is 9.88 Å². The molecule has 2 aromatic rings. The van der Waals surface area contributed by atoms with Crippen LogP contribution in [-0.4, -0.2) is 45.1 Å². The molecular weight excluding hydrogens is 352 g/mol. The van der Waals surface area contributed by atoms with Crippen molar-refractivity contribution < 1.29 is 9.90 Å². The molecule has 0 aliphatic carbocycles. The number of halogens is 1. The molecule has 0 spiro atoms. The van der Waals surface area contributed by atoms with Gasteiger partial charge in [0.05, 0.1) is 5.02 Å². The van der Waals surface area contributed by atoms with Crippen LogP contribution in [0, 0.1) is 0 Å². The molecule has 1 aliphatic rings. The van der Waals surface area contributed by atoms with E-state index in [9.17, 15) is 4.79 Å². The average Bonchev–Trinajstić information content (AvgIpc) is 2.64. The number of nitrogens with one attached hydrogen (secondary N) is 1. The van der Waals surface area contributed by atoms with Crippen molar-refractivity contribution in [2.75, 3.05) is 18.4 Å². The van der Waals surface area contributed by atoms with Gasteiger partial charge in [-0.1, -0.05) is 11.6 Å². The maximum absolute atomic E-state index is 10.6. The molecule has 1 fully saturated rings. The van der Waals surface area contributed by atoms with E-state index in [0.717, 1.165) is 38.6 Å². The zero-order chi connectivity index (χ0) is 18.4. The lowest BCUT2D eigenvalue weighted by Crippen LogP contribution is -2.38. The van der Waals surface area contributed by atoms with E-state index in [1.165, 1.54) is 11.6 Å². The minimum atomic E-state index is -0.998. The Morgan fingerprint density at radius 3 is 2.73 bits per heavy atom. The molecule has 7 heteroatoms. The number of hydrogen-bond donors (Lipinski definition) is 2. The fraction of sp³-hybridized carbons (Fsp3) is 0.316. The van der Waals surface area contributed by atoms with E-state index in [0.29, 0.717) is 22.4 Å². The Kier molecular flexibility index (Phi) is 6.20. The number of carboxylic acid groups (broad SMARTS) is 1. The molecule has 2 aromatic heterocycles. The highest BCUT2D eigenvalue weighted by molar-refractivity contribution is 6.33. The van der Waals surface area contributed by atoms with Crippen molar-refractivity contribution in [3.8, 4) is 0 Å². The predicted octanol–water partition coefficient (Wildman–Crippen LogP) is 3.30. The molecule has 0 bridgehead atoms. The van der Waals surface area contributed by atoms with Crippen LogP contribution in [-0.2, 0) is 11.3 Å². The number of carboxylic acids is 1. The second-order valence-corrected chi connectivity index (χ2v) is 6.73.